The molecule has 0 radical (unpaired) electrons. The summed E-state index contributed by atoms with van der Waals surface area (Å²) in [5, 5.41) is 8.95. The van der Waals surface area contributed by atoms with Gasteiger partial charge in [0, 0.05) is 0 Å². The maximum absolute atomic E-state index is 11.1. The van der Waals surface area contributed by atoms with Gasteiger partial charge in [-0.3, -0.25) is 0 Å². The quantitative estimate of drug-likeness (QED) is 0.851. The molecule has 1 fully saturated rings. The third kappa shape index (κ3) is 2.71. The predicted octanol–water partition coefficient (Wildman–Crippen LogP) is 1.22. The molecule has 0 aromatic heterocycles. The second-order valence-electron chi connectivity index (χ2n) is 3.75. The van der Waals surface area contributed by atoms with Gasteiger partial charge in [-0.05, 0) is 12.1 Å². The molecule has 1 N–H and O–H groups in total. The third-order valence-corrected chi connectivity index (χ3v) is 2.58. The number of hydrogen-bond acceptors (Lipinski definition) is 4. The lowest BCUT2D eigenvalue weighted by molar-refractivity contribution is 0.0691. The topological polar surface area (TPSA) is 76.1 Å². The number of amides is 1. The van der Waals surface area contributed by atoms with Crippen LogP contribution < -0.4 is 4.74 Å². The van der Waals surface area contributed by atoms with Crippen LogP contribution in [0.25, 0.3) is 0 Å². The number of carbonyl (C=O) groups excluding carboxylic acids is 1. The van der Waals surface area contributed by atoms with E-state index in [1.165, 1.54) is 11.0 Å². The second-order valence-corrected chi connectivity index (χ2v) is 3.75. The van der Waals surface area contributed by atoms with Gasteiger partial charge in [0.05, 0.1) is 13.1 Å². The highest BCUT2D eigenvalue weighted by molar-refractivity contribution is 5.90. The zero-order valence-corrected chi connectivity index (χ0v) is 9.67. The maximum Gasteiger partial charge on any atom is 0.410 e. The first-order valence-electron chi connectivity index (χ1n) is 5.55. The van der Waals surface area contributed by atoms with Crippen molar-refractivity contribution in [2.24, 2.45) is 0 Å². The molecular weight excluding hydrogens is 238 g/mol. The van der Waals surface area contributed by atoms with Crippen LogP contribution in [0.3, 0.4) is 0 Å². The summed E-state index contributed by atoms with van der Waals surface area (Å²) in [5.74, 6) is -0.733. The van der Waals surface area contributed by atoms with E-state index in [9.17, 15) is 9.59 Å². The Labute approximate surface area is 104 Å². The molecule has 6 heteroatoms. The number of carbonyl (C=O) groups is 2. The van der Waals surface area contributed by atoms with E-state index >= 15 is 0 Å². The fourth-order valence-electron chi connectivity index (χ4n) is 1.66. The van der Waals surface area contributed by atoms with Crippen LogP contribution in [0.1, 0.15) is 10.4 Å². The number of ether oxygens (including phenoxy) is 2. The van der Waals surface area contributed by atoms with Crippen molar-refractivity contribution >= 4 is 12.1 Å². The minimum atomic E-state index is -1.04. The van der Waals surface area contributed by atoms with E-state index in [0.29, 0.717) is 25.4 Å². The Hall–Kier alpha value is -2.24. The molecule has 18 heavy (non-hydrogen) atoms. The van der Waals surface area contributed by atoms with Crippen molar-refractivity contribution in [3.05, 3.63) is 29.8 Å². The molecule has 1 aromatic carbocycles. The highest BCUT2D eigenvalue weighted by atomic mass is 16.6. The number of cyclic esters (lactones) is 1. The fourth-order valence-corrected chi connectivity index (χ4v) is 1.66. The molecule has 6 nitrogen and oxygen atoms in total. The molecule has 2 rings (SSSR count). The number of rotatable bonds is 5. The van der Waals surface area contributed by atoms with Gasteiger partial charge in [0.1, 0.15) is 24.5 Å². The summed E-state index contributed by atoms with van der Waals surface area (Å²) in [5.41, 5.74) is 0.112. The van der Waals surface area contributed by atoms with E-state index in [4.69, 9.17) is 14.6 Å². The summed E-state index contributed by atoms with van der Waals surface area (Å²) in [6.07, 6.45) is -0.356. The van der Waals surface area contributed by atoms with Gasteiger partial charge in [0.2, 0.25) is 0 Å². The van der Waals surface area contributed by atoms with Gasteiger partial charge in [-0.1, -0.05) is 12.1 Å². The average molecular weight is 251 g/mol. The van der Waals surface area contributed by atoms with Crippen LogP contribution in [-0.4, -0.2) is 48.4 Å². The first-order chi connectivity index (χ1) is 8.68. The summed E-state index contributed by atoms with van der Waals surface area (Å²) in [7, 11) is 0. The van der Waals surface area contributed by atoms with Crippen molar-refractivity contribution in [2.75, 3.05) is 26.3 Å². The number of hydrogen-bond donors (Lipinski definition) is 1. The van der Waals surface area contributed by atoms with Crippen molar-refractivity contribution < 1.29 is 24.2 Å². The van der Waals surface area contributed by atoms with E-state index in [1.54, 1.807) is 18.2 Å². The molecule has 0 bridgehead atoms. The Balaban J connectivity index is 1.90. The molecule has 0 unspecified atom stereocenters. The summed E-state index contributed by atoms with van der Waals surface area (Å²) >= 11 is 0. The molecule has 1 amide bonds. The lowest BCUT2D eigenvalue weighted by Gasteiger charge is -2.14. The van der Waals surface area contributed by atoms with Gasteiger partial charge in [0.15, 0.2) is 0 Å². The summed E-state index contributed by atoms with van der Waals surface area (Å²) in [4.78, 5) is 23.6. The molecule has 0 atom stereocenters. The van der Waals surface area contributed by atoms with Crippen molar-refractivity contribution in [1.82, 2.24) is 4.90 Å². The predicted molar refractivity (Wildman–Crippen MR) is 61.8 cm³/mol. The van der Waals surface area contributed by atoms with Gasteiger partial charge in [-0.25, -0.2) is 9.59 Å². The number of benzene rings is 1. The Kier molecular flexibility index (Phi) is 3.66. The smallest absolute Gasteiger partial charge is 0.410 e. The van der Waals surface area contributed by atoms with E-state index in [0.717, 1.165) is 0 Å². The molecule has 1 saturated heterocycles. The van der Waals surface area contributed by atoms with E-state index in [1.807, 2.05) is 0 Å². The summed E-state index contributed by atoms with van der Waals surface area (Å²) < 4.78 is 10.1. The van der Waals surface area contributed by atoms with Crippen molar-refractivity contribution in [1.29, 1.82) is 0 Å². The zero-order chi connectivity index (χ0) is 13.0. The molecule has 1 aliphatic rings. The second kappa shape index (κ2) is 5.39. The van der Waals surface area contributed by atoms with Crippen LogP contribution in [0, 0.1) is 0 Å². The molecular formula is C12H13NO5. The molecule has 1 heterocycles. The summed E-state index contributed by atoms with van der Waals surface area (Å²) in [6, 6.07) is 6.40. The number of carboxylic acids is 1. The van der Waals surface area contributed by atoms with Crippen LogP contribution in [-0.2, 0) is 4.74 Å². The molecule has 96 valence electrons. The number of carboxylic acid groups (broad SMARTS) is 1. The lowest BCUT2D eigenvalue weighted by Crippen LogP contribution is -2.29. The van der Waals surface area contributed by atoms with Crippen LogP contribution in [0.2, 0.25) is 0 Å². The molecule has 1 aromatic rings. The largest absolute Gasteiger partial charge is 0.491 e. The fraction of sp³-hybridized carbons (Fsp3) is 0.333. The van der Waals surface area contributed by atoms with Crippen LogP contribution in [0.15, 0.2) is 24.3 Å². The molecule has 0 spiro atoms. The molecule has 0 saturated carbocycles. The van der Waals surface area contributed by atoms with Gasteiger partial charge in [-0.15, -0.1) is 0 Å². The summed E-state index contributed by atoms with van der Waals surface area (Å²) in [6.45, 7) is 1.56. The van der Waals surface area contributed by atoms with Crippen LogP contribution in [0.5, 0.6) is 5.75 Å². The van der Waals surface area contributed by atoms with E-state index in [2.05, 4.69) is 0 Å². The van der Waals surface area contributed by atoms with Crippen LogP contribution in [0.4, 0.5) is 4.79 Å². The maximum atomic E-state index is 11.1. The lowest BCUT2D eigenvalue weighted by atomic mass is 10.2. The number of aromatic carboxylic acids is 1. The van der Waals surface area contributed by atoms with Crippen molar-refractivity contribution in [2.45, 2.75) is 0 Å². The molecule has 1 aliphatic heterocycles. The Morgan fingerprint density at radius 3 is 2.89 bits per heavy atom. The highest BCUT2D eigenvalue weighted by Crippen LogP contribution is 2.17. The van der Waals surface area contributed by atoms with E-state index in [-0.39, 0.29) is 18.3 Å². The van der Waals surface area contributed by atoms with Gasteiger partial charge >= 0.3 is 12.1 Å². The van der Waals surface area contributed by atoms with Gasteiger partial charge in [0.25, 0.3) is 0 Å². The van der Waals surface area contributed by atoms with E-state index < -0.39 is 5.97 Å². The minimum absolute atomic E-state index is 0.112. The SMILES string of the molecule is O=C(O)c1ccccc1OCCN1CCOC1=O. The number of para-hydroxylation sites is 1. The normalized spacial score (nSPS) is 14.4. The monoisotopic (exact) mass is 251 g/mol. The minimum Gasteiger partial charge on any atom is -0.491 e. The average Bonchev–Trinajstić information content (AvgIpc) is 2.76. The molecule has 0 aliphatic carbocycles. The first-order valence-corrected chi connectivity index (χ1v) is 5.55. The standard InChI is InChI=1S/C12H13NO5/c14-11(15)9-3-1-2-4-10(9)17-7-5-13-6-8-18-12(13)16/h1-4H,5-8H2,(H,14,15). The first kappa shape index (κ1) is 12.2. The Bertz CT molecular complexity index is 460. The van der Waals surface area contributed by atoms with Crippen molar-refractivity contribution in [3.63, 3.8) is 0 Å². The third-order valence-electron chi connectivity index (χ3n) is 2.58. The Morgan fingerprint density at radius 2 is 2.22 bits per heavy atom. The van der Waals surface area contributed by atoms with Crippen LogP contribution >= 0.6 is 0 Å². The van der Waals surface area contributed by atoms with Gasteiger partial charge in [-0.2, -0.15) is 0 Å². The van der Waals surface area contributed by atoms with Gasteiger partial charge < -0.3 is 19.5 Å². The number of nitrogens with zero attached hydrogens (tertiary/aromatic N) is 1. The van der Waals surface area contributed by atoms with Crippen molar-refractivity contribution in [3.8, 4) is 5.75 Å². The Morgan fingerprint density at radius 1 is 1.44 bits per heavy atom. The highest BCUT2D eigenvalue weighted by Gasteiger charge is 2.21. The zero-order valence-electron chi connectivity index (χ0n) is 9.67.